The number of thiocarbonyl (C=S) groups is 1. The number of benzene rings is 2. The molecule has 0 spiro atoms. The zero-order chi connectivity index (χ0) is 19.4. The van der Waals surface area contributed by atoms with Gasteiger partial charge in [0.2, 0.25) is 5.91 Å². The van der Waals surface area contributed by atoms with Gasteiger partial charge in [-0.15, -0.1) is 0 Å². The van der Waals surface area contributed by atoms with E-state index in [9.17, 15) is 9.59 Å². The van der Waals surface area contributed by atoms with E-state index in [-0.39, 0.29) is 11.8 Å². The summed E-state index contributed by atoms with van der Waals surface area (Å²) in [6.07, 6.45) is 1.74. The molecule has 1 saturated heterocycles. The molecule has 1 aliphatic rings. The number of carbonyl (C=O) groups is 2. The maximum Gasteiger partial charge on any atom is 0.266 e. The number of rotatable bonds is 5. The molecule has 1 atom stereocenters. The predicted octanol–water partition coefficient (Wildman–Crippen LogP) is 3.92. The molecule has 1 unspecified atom stereocenters. The van der Waals surface area contributed by atoms with Crippen molar-refractivity contribution in [2.24, 2.45) is 0 Å². The van der Waals surface area contributed by atoms with Crippen molar-refractivity contribution < 1.29 is 14.3 Å². The van der Waals surface area contributed by atoms with Gasteiger partial charge in [-0.25, -0.2) is 0 Å². The van der Waals surface area contributed by atoms with Crippen LogP contribution in [0.2, 0.25) is 0 Å². The molecule has 1 heterocycles. The number of hydrogen-bond acceptors (Lipinski definition) is 5. The van der Waals surface area contributed by atoms with Gasteiger partial charge in [0.05, 0.1) is 12.0 Å². The van der Waals surface area contributed by atoms with Crippen molar-refractivity contribution in [3.05, 3.63) is 65.1 Å². The average molecular weight is 399 g/mol. The largest absolute Gasteiger partial charge is 0.496 e. The second-order valence-electron chi connectivity index (χ2n) is 5.82. The van der Waals surface area contributed by atoms with Crippen LogP contribution in [0.15, 0.2) is 59.5 Å². The van der Waals surface area contributed by atoms with Crippen LogP contribution in [0.3, 0.4) is 0 Å². The summed E-state index contributed by atoms with van der Waals surface area (Å²) in [7, 11) is 1.58. The van der Waals surface area contributed by atoms with Crippen molar-refractivity contribution in [1.29, 1.82) is 0 Å². The summed E-state index contributed by atoms with van der Waals surface area (Å²) >= 11 is 6.53. The Labute approximate surface area is 167 Å². The van der Waals surface area contributed by atoms with E-state index in [2.05, 4.69) is 5.32 Å². The highest BCUT2D eigenvalue weighted by Gasteiger charge is 2.38. The molecule has 7 heteroatoms. The number of hydrogen-bond donors (Lipinski definition) is 1. The minimum atomic E-state index is -0.721. The van der Waals surface area contributed by atoms with Crippen LogP contribution in [0.5, 0.6) is 5.75 Å². The fourth-order valence-corrected chi connectivity index (χ4v) is 4.04. The van der Waals surface area contributed by atoms with Crippen LogP contribution in [0.4, 0.5) is 5.69 Å². The minimum absolute atomic E-state index is 0.286. The molecule has 2 amide bonds. The number of ether oxygens (including phenoxy) is 1. The molecular weight excluding hydrogens is 380 g/mol. The molecule has 2 aromatic carbocycles. The Morgan fingerprint density at radius 2 is 1.85 bits per heavy atom. The van der Waals surface area contributed by atoms with Gasteiger partial charge in [0.25, 0.3) is 5.91 Å². The third kappa shape index (κ3) is 4.20. The number of nitrogens with zero attached hydrogens (tertiary/aromatic N) is 1. The van der Waals surface area contributed by atoms with Crippen molar-refractivity contribution in [3.63, 3.8) is 0 Å². The number of methoxy groups -OCH3 is 1. The molecule has 27 heavy (non-hydrogen) atoms. The zero-order valence-corrected chi connectivity index (χ0v) is 16.5. The third-order valence-electron chi connectivity index (χ3n) is 4.06. The standard InChI is InChI=1S/C20H18N2O3S2/c1-13(18(23)21-15-9-4-3-5-10-15)22-19(24)17(27-20(22)26)12-14-8-6-7-11-16(14)25-2/h3-13H,1-2H3,(H,21,23)/b17-12-. The highest BCUT2D eigenvalue weighted by Crippen LogP contribution is 2.35. The van der Waals surface area contributed by atoms with Crippen molar-refractivity contribution in [2.75, 3.05) is 12.4 Å². The number of nitrogens with one attached hydrogen (secondary N) is 1. The second-order valence-corrected chi connectivity index (χ2v) is 7.50. The average Bonchev–Trinajstić information content (AvgIpc) is 2.95. The van der Waals surface area contributed by atoms with Gasteiger partial charge in [-0.2, -0.15) is 0 Å². The van der Waals surface area contributed by atoms with E-state index in [1.54, 1.807) is 32.2 Å². The van der Waals surface area contributed by atoms with Crippen molar-refractivity contribution in [3.8, 4) is 5.75 Å². The van der Waals surface area contributed by atoms with Gasteiger partial charge in [0, 0.05) is 11.3 Å². The van der Waals surface area contributed by atoms with E-state index in [1.807, 2.05) is 42.5 Å². The highest BCUT2D eigenvalue weighted by atomic mass is 32.2. The second kappa shape index (κ2) is 8.37. The monoisotopic (exact) mass is 398 g/mol. The Hall–Kier alpha value is -2.64. The first kappa shape index (κ1) is 19.1. The fourth-order valence-electron chi connectivity index (χ4n) is 2.63. The normalized spacial score (nSPS) is 16.5. The zero-order valence-electron chi connectivity index (χ0n) is 14.8. The highest BCUT2D eigenvalue weighted by molar-refractivity contribution is 8.26. The molecule has 5 nitrogen and oxygen atoms in total. The minimum Gasteiger partial charge on any atom is -0.496 e. The van der Waals surface area contributed by atoms with Gasteiger partial charge >= 0.3 is 0 Å². The number of carbonyl (C=O) groups excluding carboxylic acids is 2. The molecule has 1 aliphatic heterocycles. The molecule has 1 N–H and O–H groups in total. The molecule has 0 saturated carbocycles. The predicted molar refractivity (Wildman–Crippen MR) is 113 cm³/mol. The van der Waals surface area contributed by atoms with Crippen LogP contribution >= 0.6 is 24.0 Å². The topological polar surface area (TPSA) is 58.6 Å². The van der Waals surface area contributed by atoms with E-state index in [0.717, 1.165) is 5.56 Å². The van der Waals surface area contributed by atoms with E-state index in [4.69, 9.17) is 17.0 Å². The first-order chi connectivity index (χ1) is 13.0. The summed E-state index contributed by atoms with van der Waals surface area (Å²) in [5.41, 5.74) is 1.45. The molecule has 1 fully saturated rings. The molecular formula is C20H18N2O3S2. The van der Waals surface area contributed by atoms with E-state index in [0.29, 0.717) is 20.7 Å². The van der Waals surface area contributed by atoms with Crippen LogP contribution in [0.1, 0.15) is 12.5 Å². The number of anilines is 1. The van der Waals surface area contributed by atoms with E-state index in [1.165, 1.54) is 16.7 Å². The third-order valence-corrected chi connectivity index (χ3v) is 5.39. The summed E-state index contributed by atoms with van der Waals surface area (Å²) in [4.78, 5) is 27.2. The van der Waals surface area contributed by atoms with Crippen LogP contribution < -0.4 is 10.1 Å². The molecule has 2 aromatic rings. The Morgan fingerprint density at radius 3 is 2.56 bits per heavy atom. The number of para-hydroxylation sites is 2. The molecule has 138 valence electrons. The first-order valence-electron chi connectivity index (χ1n) is 8.27. The van der Waals surface area contributed by atoms with E-state index >= 15 is 0 Å². The lowest BCUT2D eigenvalue weighted by Gasteiger charge is -2.22. The van der Waals surface area contributed by atoms with Crippen LogP contribution in [-0.4, -0.2) is 34.2 Å². The lowest BCUT2D eigenvalue weighted by Crippen LogP contribution is -2.44. The molecule has 0 aromatic heterocycles. The summed E-state index contributed by atoms with van der Waals surface area (Å²) in [6.45, 7) is 1.66. The van der Waals surface area contributed by atoms with Gasteiger partial charge < -0.3 is 10.1 Å². The number of thioether (sulfide) groups is 1. The quantitative estimate of drug-likeness (QED) is 0.611. The molecule has 3 rings (SSSR count). The van der Waals surface area contributed by atoms with E-state index < -0.39 is 6.04 Å². The Morgan fingerprint density at radius 1 is 1.19 bits per heavy atom. The summed E-state index contributed by atoms with van der Waals surface area (Å²) in [5.74, 6) is 0.0836. The van der Waals surface area contributed by atoms with Crippen molar-refractivity contribution in [1.82, 2.24) is 4.90 Å². The van der Waals surface area contributed by atoms with Crippen LogP contribution in [0, 0.1) is 0 Å². The SMILES string of the molecule is COc1ccccc1/C=C1\SC(=S)N(C(C)C(=O)Nc2ccccc2)C1=O. The van der Waals surface area contributed by atoms with Gasteiger partial charge in [-0.3, -0.25) is 14.5 Å². The fraction of sp³-hybridized carbons (Fsp3) is 0.150. The van der Waals surface area contributed by atoms with Gasteiger partial charge in [-0.1, -0.05) is 60.4 Å². The first-order valence-corrected chi connectivity index (χ1v) is 9.49. The van der Waals surface area contributed by atoms with Gasteiger partial charge in [-0.05, 0) is 31.2 Å². The Balaban J connectivity index is 1.79. The van der Waals surface area contributed by atoms with Crippen LogP contribution in [0.25, 0.3) is 6.08 Å². The summed E-state index contributed by atoms with van der Waals surface area (Å²) in [6, 6.07) is 15.8. The lowest BCUT2D eigenvalue weighted by molar-refractivity contribution is -0.129. The summed E-state index contributed by atoms with van der Waals surface area (Å²) < 4.78 is 5.68. The molecule has 0 bridgehead atoms. The van der Waals surface area contributed by atoms with Crippen LogP contribution in [-0.2, 0) is 9.59 Å². The van der Waals surface area contributed by atoms with Crippen molar-refractivity contribution >= 4 is 51.9 Å². The summed E-state index contributed by atoms with van der Waals surface area (Å²) in [5, 5.41) is 2.80. The lowest BCUT2D eigenvalue weighted by atomic mass is 10.1. The smallest absolute Gasteiger partial charge is 0.266 e. The molecule has 0 radical (unpaired) electrons. The Bertz CT molecular complexity index is 912. The maximum absolute atomic E-state index is 12.8. The van der Waals surface area contributed by atoms with Gasteiger partial charge in [0.1, 0.15) is 16.1 Å². The molecule has 0 aliphatic carbocycles. The van der Waals surface area contributed by atoms with Gasteiger partial charge in [0.15, 0.2) is 0 Å². The maximum atomic E-state index is 12.8. The van der Waals surface area contributed by atoms with Crippen molar-refractivity contribution in [2.45, 2.75) is 13.0 Å². The Kier molecular flexibility index (Phi) is 5.93. The number of amides is 2.